The Balaban J connectivity index is 1.84. The van der Waals surface area contributed by atoms with Crippen molar-refractivity contribution in [3.63, 3.8) is 0 Å². The van der Waals surface area contributed by atoms with Crippen molar-refractivity contribution in [1.29, 1.82) is 0 Å². The molecule has 2 heterocycles. The predicted molar refractivity (Wildman–Crippen MR) is 95.3 cm³/mol. The Morgan fingerprint density at radius 3 is 2.25 bits per heavy atom. The fourth-order valence-electron chi connectivity index (χ4n) is 3.18. The van der Waals surface area contributed by atoms with Gasteiger partial charge in [-0.2, -0.15) is 13.2 Å². The van der Waals surface area contributed by atoms with E-state index in [1.807, 2.05) is 4.90 Å². The summed E-state index contributed by atoms with van der Waals surface area (Å²) in [5, 5.41) is 10.8. The van der Waals surface area contributed by atoms with E-state index in [1.54, 1.807) is 6.07 Å². The molecule has 0 bridgehead atoms. The van der Waals surface area contributed by atoms with Gasteiger partial charge in [0.1, 0.15) is 0 Å². The molecule has 28 heavy (non-hydrogen) atoms. The van der Waals surface area contributed by atoms with E-state index in [9.17, 15) is 28.1 Å². The molecule has 1 aliphatic rings. The number of aromatic nitrogens is 1. The Morgan fingerprint density at radius 2 is 1.71 bits per heavy atom. The molecule has 3 rings (SSSR count). The molecule has 2 N–H and O–H groups in total. The van der Waals surface area contributed by atoms with Crippen LogP contribution >= 0.6 is 0 Å². The molecule has 11 heteroatoms. The number of carbonyl (C=O) groups excluding carboxylic acids is 1. The lowest BCUT2D eigenvalue weighted by Crippen LogP contribution is -2.47. The number of alkyl halides is 3. The smallest absolute Gasteiger partial charge is 0.367 e. The van der Waals surface area contributed by atoms with Crippen LogP contribution in [0, 0.1) is 10.1 Å². The van der Waals surface area contributed by atoms with Crippen molar-refractivity contribution in [2.24, 2.45) is 5.73 Å². The van der Waals surface area contributed by atoms with Crippen molar-refractivity contribution in [2.75, 3.05) is 36.0 Å². The molecule has 0 saturated carbocycles. The van der Waals surface area contributed by atoms with Crippen molar-refractivity contribution >= 4 is 23.0 Å². The minimum absolute atomic E-state index is 0.109. The highest BCUT2D eigenvalue weighted by Gasteiger charge is 2.37. The van der Waals surface area contributed by atoms with Crippen molar-refractivity contribution in [2.45, 2.75) is 6.18 Å². The molecule has 0 aliphatic carbocycles. The summed E-state index contributed by atoms with van der Waals surface area (Å²) in [6.45, 7) is 1.17. The average Bonchev–Trinajstić information content (AvgIpc) is 2.67. The Labute approximate surface area is 157 Å². The summed E-state index contributed by atoms with van der Waals surface area (Å²) < 4.78 is 40.2. The number of primary amides is 1. The van der Waals surface area contributed by atoms with Gasteiger partial charge < -0.3 is 15.5 Å². The largest absolute Gasteiger partial charge is 0.418 e. The molecule has 1 fully saturated rings. The number of benzene rings is 1. The van der Waals surface area contributed by atoms with Crippen molar-refractivity contribution in [3.8, 4) is 0 Å². The molecule has 148 valence electrons. The van der Waals surface area contributed by atoms with Crippen LogP contribution < -0.4 is 15.5 Å². The van der Waals surface area contributed by atoms with E-state index in [4.69, 9.17) is 5.73 Å². The van der Waals surface area contributed by atoms with Crippen LogP contribution in [0.1, 0.15) is 15.9 Å². The van der Waals surface area contributed by atoms with Crippen LogP contribution in [0.2, 0.25) is 0 Å². The summed E-state index contributed by atoms with van der Waals surface area (Å²) in [7, 11) is 0. The van der Waals surface area contributed by atoms with E-state index in [0.29, 0.717) is 24.8 Å². The van der Waals surface area contributed by atoms with Crippen LogP contribution in [0.4, 0.5) is 30.2 Å². The second-order valence-corrected chi connectivity index (χ2v) is 6.19. The first-order valence-electron chi connectivity index (χ1n) is 8.28. The maximum atomic E-state index is 13.4. The van der Waals surface area contributed by atoms with Crippen LogP contribution in [0.5, 0.6) is 0 Å². The second-order valence-electron chi connectivity index (χ2n) is 6.19. The molecule has 0 spiro atoms. The number of nitrogens with zero attached hydrogens (tertiary/aromatic N) is 4. The van der Waals surface area contributed by atoms with Crippen LogP contribution in [-0.2, 0) is 6.18 Å². The number of amides is 1. The number of hydrogen-bond acceptors (Lipinski definition) is 6. The monoisotopic (exact) mass is 395 g/mol. The fraction of sp³-hybridized carbons (Fsp3) is 0.294. The quantitative estimate of drug-likeness (QED) is 0.630. The van der Waals surface area contributed by atoms with Gasteiger partial charge in [-0.15, -0.1) is 0 Å². The zero-order valence-corrected chi connectivity index (χ0v) is 14.5. The molecule has 1 aliphatic heterocycles. The van der Waals surface area contributed by atoms with Gasteiger partial charge in [-0.3, -0.25) is 19.9 Å². The van der Waals surface area contributed by atoms with Crippen molar-refractivity contribution in [1.82, 2.24) is 4.98 Å². The van der Waals surface area contributed by atoms with E-state index >= 15 is 0 Å². The first-order chi connectivity index (χ1) is 13.2. The highest BCUT2D eigenvalue weighted by atomic mass is 19.4. The van der Waals surface area contributed by atoms with Gasteiger partial charge in [0.15, 0.2) is 0 Å². The number of hydrogen-bond donors (Lipinski definition) is 1. The Hall–Kier alpha value is -3.37. The highest BCUT2D eigenvalue weighted by molar-refractivity contribution is 5.98. The normalized spacial score (nSPS) is 14.8. The van der Waals surface area contributed by atoms with Crippen LogP contribution in [-0.4, -0.2) is 42.0 Å². The zero-order valence-electron chi connectivity index (χ0n) is 14.5. The lowest BCUT2D eigenvalue weighted by Gasteiger charge is -2.38. The summed E-state index contributed by atoms with van der Waals surface area (Å²) in [5.74, 6) is -0.639. The van der Waals surface area contributed by atoms with Gasteiger partial charge in [0.2, 0.25) is 0 Å². The summed E-state index contributed by atoms with van der Waals surface area (Å²) in [5.41, 5.74) is 4.39. The maximum Gasteiger partial charge on any atom is 0.418 e. The van der Waals surface area contributed by atoms with E-state index in [0.717, 1.165) is 12.1 Å². The topological polar surface area (TPSA) is 106 Å². The molecule has 1 aromatic carbocycles. The SMILES string of the molecule is NC(=O)c1cnccc1N1CCN(c2ccc([N+](=O)[O-])cc2C(F)(F)F)CC1. The molecule has 1 aromatic heterocycles. The number of piperazine rings is 1. The number of pyridine rings is 1. The van der Waals surface area contributed by atoms with Gasteiger partial charge in [0.25, 0.3) is 11.6 Å². The number of halogens is 3. The fourth-order valence-corrected chi connectivity index (χ4v) is 3.18. The molecule has 8 nitrogen and oxygen atoms in total. The standard InChI is InChI=1S/C17H16F3N5O3/c18-17(19,20)13-9-11(25(27)28)1-2-15(13)24-7-5-23(6-8-24)14-3-4-22-10-12(14)16(21)26/h1-4,9-10H,5-8H2,(H2,21,26). The number of non-ortho nitro benzene ring substituents is 1. The molecular weight excluding hydrogens is 379 g/mol. The lowest BCUT2D eigenvalue weighted by molar-refractivity contribution is -0.385. The summed E-state index contributed by atoms with van der Waals surface area (Å²) in [4.78, 5) is 28.8. The molecule has 1 saturated heterocycles. The zero-order chi connectivity index (χ0) is 20.5. The predicted octanol–water partition coefficient (Wildman–Crippen LogP) is 2.43. The van der Waals surface area contributed by atoms with Crippen molar-refractivity contribution in [3.05, 3.63) is 57.9 Å². The minimum Gasteiger partial charge on any atom is -0.367 e. The third-order valence-corrected chi connectivity index (χ3v) is 4.52. The van der Waals surface area contributed by atoms with Gasteiger partial charge in [0.05, 0.1) is 21.7 Å². The summed E-state index contributed by atoms with van der Waals surface area (Å²) in [6, 6.07) is 4.36. The number of nitro benzene ring substituents is 1. The molecule has 1 amide bonds. The number of carbonyl (C=O) groups is 1. The Morgan fingerprint density at radius 1 is 1.11 bits per heavy atom. The number of nitrogens with two attached hydrogens (primary N) is 1. The maximum absolute atomic E-state index is 13.4. The van der Waals surface area contributed by atoms with Crippen LogP contribution in [0.15, 0.2) is 36.7 Å². The third kappa shape index (κ3) is 3.82. The first kappa shape index (κ1) is 19.4. The first-order valence-corrected chi connectivity index (χ1v) is 8.28. The molecular formula is C17H16F3N5O3. The number of nitro groups is 1. The Bertz CT molecular complexity index is 911. The van der Waals surface area contributed by atoms with E-state index in [2.05, 4.69) is 4.98 Å². The van der Waals surface area contributed by atoms with Crippen LogP contribution in [0.3, 0.4) is 0 Å². The average molecular weight is 395 g/mol. The van der Waals surface area contributed by atoms with Gasteiger partial charge in [-0.05, 0) is 12.1 Å². The van der Waals surface area contributed by atoms with Gasteiger partial charge in [-0.25, -0.2) is 0 Å². The molecule has 0 unspecified atom stereocenters. The van der Waals surface area contributed by atoms with Gasteiger partial charge >= 0.3 is 6.18 Å². The molecule has 2 aromatic rings. The van der Waals surface area contributed by atoms with Gasteiger partial charge in [-0.1, -0.05) is 0 Å². The van der Waals surface area contributed by atoms with E-state index < -0.39 is 28.3 Å². The minimum atomic E-state index is -4.72. The summed E-state index contributed by atoms with van der Waals surface area (Å²) >= 11 is 0. The molecule has 0 atom stereocenters. The lowest BCUT2D eigenvalue weighted by atomic mass is 10.1. The number of rotatable bonds is 4. The molecule has 0 radical (unpaired) electrons. The highest BCUT2D eigenvalue weighted by Crippen LogP contribution is 2.39. The van der Waals surface area contributed by atoms with E-state index in [-0.39, 0.29) is 24.3 Å². The van der Waals surface area contributed by atoms with Crippen molar-refractivity contribution < 1.29 is 22.9 Å². The van der Waals surface area contributed by atoms with E-state index in [1.165, 1.54) is 17.3 Å². The van der Waals surface area contributed by atoms with Crippen LogP contribution in [0.25, 0.3) is 0 Å². The third-order valence-electron chi connectivity index (χ3n) is 4.52. The number of anilines is 2. The Kier molecular flexibility index (Phi) is 5.08. The second kappa shape index (κ2) is 7.33. The summed E-state index contributed by atoms with van der Waals surface area (Å²) in [6.07, 6.45) is -1.86. The van der Waals surface area contributed by atoms with Gasteiger partial charge in [0, 0.05) is 56.4 Å².